The van der Waals surface area contributed by atoms with Crippen LogP contribution in [0.3, 0.4) is 0 Å². The number of halogens is 1. The second-order valence-corrected chi connectivity index (χ2v) is 6.70. The second kappa shape index (κ2) is 9.14. The fourth-order valence-corrected chi connectivity index (χ4v) is 3.07. The highest BCUT2D eigenvalue weighted by Gasteiger charge is 2.19. The number of nitrogens with zero attached hydrogens (tertiary/aromatic N) is 2. The molecule has 3 rings (SSSR count). The van der Waals surface area contributed by atoms with Crippen molar-refractivity contribution in [1.82, 2.24) is 20.4 Å². The molecule has 0 bridgehead atoms. The first-order valence-corrected chi connectivity index (χ1v) is 9.36. The second-order valence-electron chi connectivity index (χ2n) is 6.70. The summed E-state index contributed by atoms with van der Waals surface area (Å²) in [7, 11) is 0. The summed E-state index contributed by atoms with van der Waals surface area (Å²) in [6, 6.07) is 15.5. The average Bonchev–Trinajstić information content (AvgIpc) is 3.02. The van der Waals surface area contributed by atoms with E-state index >= 15 is 0 Å². The van der Waals surface area contributed by atoms with E-state index in [1.54, 1.807) is 30.7 Å². The molecule has 0 spiro atoms. The summed E-state index contributed by atoms with van der Waals surface area (Å²) in [6.07, 6.45) is 0.183. The van der Waals surface area contributed by atoms with E-state index in [-0.39, 0.29) is 30.6 Å². The van der Waals surface area contributed by atoms with Crippen LogP contribution < -0.4 is 10.6 Å². The zero-order chi connectivity index (χ0) is 20.8. The van der Waals surface area contributed by atoms with Crippen LogP contribution in [0.25, 0.3) is 5.69 Å². The molecule has 6 nitrogen and oxygen atoms in total. The minimum Gasteiger partial charge on any atom is -0.352 e. The van der Waals surface area contributed by atoms with E-state index in [9.17, 15) is 14.0 Å². The number of benzene rings is 2. The van der Waals surface area contributed by atoms with Crippen molar-refractivity contribution >= 4 is 11.8 Å². The molecule has 0 aliphatic carbocycles. The summed E-state index contributed by atoms with van der Waals surface area (Å²) in [6.45, 7) is 4.20. The summed E-state index contributed by atoms with van der Waals surface area (Å²) >= 11 is 0. The molecule has 2 N–H and O–H groups in total. The van der Waals surface area contributed by atoms with Crippen LogP contribution in [-0.2, 0) is 11.3 Å². The molecule has 0 aliphatic rings. The van der Waals surface area contributed by atoms with Gasteiger partial charge in [-0.2, -0.15) is 5.10 Å². The Hall–Kier alpha value is -3.48. The number of carbonyl (C=O) groups excluding carboxylic acids is 2. The molecule has 29 heavy (non-hydrogen) atoms. The van der Waals surface area contributed by atoms with Crippen LogP contribution in [0, 0.1) is 19.7 Å². The van der Waals surface area contributed by atoms with Gasteiger partial charge in [-0.1, -0.05) is 30.3 Å². The molecule has 150 valence electrons. The van der Waals surface area contributed by atoms with Crippen molar-refractivity contribution in [3.05, 3.63) is 82.9 Å². The normalized spacial score (nSPS) is 10.6. The predicted octanol–water partition coefficient (Wildman–Crippen LogP) is 3.06. The number of amides is 2. The molecule has 0 saturated heterocycles. The highest BCUT2D eigenvalue weighted by Crippen LogP contribution is 2.18. The molecule has 0 atom stereocenters. The van der Waals surface area contributed by atoms with Crippen molar-refractivity contribution in [2.24, 2.45) is 0 Å². The van der Waals surface area contributed by atoms with Gasteiger partial charge in [-0.15, -0.1) is 0 Å². The molecule has 0 aliphatic heterocycles. The molecule has 3 aromatic rings. The number of rotatable bonds is 7. The summed E-state index contributed by atoms with van der Waals surface area (Å²) in [5.41, 5.74) is 3.37. The van der Waals surface area contributed by atoms with Crippen molar-refractivity contribution in [2.75, 3.05) is 6.54 Å². The predicted molar refractivity (Wildman–Crippen MR) is 108 cm³/mol. The number of hydrogen-bond acceptors (Lipinski definition) is 3. The number of aromatic nitrogens is 2. The lowest BCUT2D eigenvalue weighted by Gasteiger charge is -2.08. The van der Waals surface area contributed by atoms with E-state index in [4.69, 9.17) is 0 Å². The Kier molecular flexibility index (Phi) is 6.39. The van der Waals surface area contributed by atoms with Crippen LogP contribution in [0.15, 0.2) is 54.6 Å². The van der Waals surface area contributed by atoms with Crippen molar-refractivity contribution in [3.8, 4) is 5.69 Å². The molecular formula is C22H23FN4O2. The van der Waals surface area contributed by atoms with Gasteiger partial charge >= 0.3 is 0 Å². The molecule has 0 unspecified atom stereocenters. The maximum Gasteiger partial charge on any atom is 0.255 e. The summed E-state index contributed by atoms with van der Waals surface area (Å²) in [4.78, 5) is 24.6. The largest absolute Gasteiger partial charge is 0.352 e. The van der Waals surface area contributed by atoms with E-state index in [0.717, 1.165) is 5.56 Å². The van der Waals surface area contributed by atoms with Crippen LogP contribution >= 0.6 is 0 Å². The molecule has 7 heteroatoms. The van der Waals surface area contributed by atoms with Gasteiger partial charge in [0, 0.05) is 19.5 Å². The van der Waals surface area contributed by atoms with Gasteiger partial charge in [-0.05, 0) is 43.7 Å². The third-order valence-corrected chi connectivity index (χ3v) is 4.56. The molecule has 2 amide bonds. The van der Waals surface area contributed by atoms with E-state index in [2.05, 4.69) is 15.7 Å². The lowest BCUT2D eigenvalue weighted by Crippen LogP contribution is -2.31. The topological polar surface area (TPSA) is 76.0 Å². The van der Waals surface area contributed by atoms with Gasteiger partial charge in [0.1, 0.15) is 5.82 Å². The van der Waals surface area contributed by atoms with E-state index in [0.29, 0.717) is 29.2 Å². The summed E-state index contributed by atoms with van der Waals surface area (Å²) < 4.78 is 14.8. The van der Waals surface area contributed by atoms with Crippen LogP contribution in [0.1, 0.15) is 33.7 Å². The Morgan fingerprint density at radius 1 is 1.00 bits per heavy atom. The molecule has 0 fully saturated rings. The Morgan fingerprint density at radius 2 is 1.69 bits per heavy atom. The van der Waals surface area contributed by atoms with Gasteiger partial charge < -0.3 is 10.6 Å². The highest BCUT2D eigenvalue weighted by molar-refractivity contribution is 5.96. The molecule has 0 radical (unpaired) electrons. The van der Waals surface area contributed by atoms with Crippen LogP contribution in [-0.4, -0.2) is 28.1 Å². The van der Waals surface area contributed by atoms with E-state index in [1.165, 1.54) is 12.1 Å². The number of hydrogen-bond donors (Lipinski definition) is 2. The fraction of sp³-hybridized carbons (Fsp3) is 0.227. The highest BCUT2D eigenvalue weighted by atomic mass is 19.1. The number of aryl methyl sites for hydroxylation is 1. The molecule has 1 aromatic heterocycles. The van der Waals surface area contributed by atoms with E-state index < -0.39 is 0 Å². The van der Waals surface area contributed by atoms with Crippen molar-refractivity contribution in [1.29, 1.82) is 0 Å². The Bertz CT molecular complexity index is 998. The Labute approximate surface area is 168 Å². The average molecular weight is 394 g/mol. The van der Waals surface area contributed by atoms with Gasteiger partial charge in [0.15, 0.2) is 0 Å². The van der Waals surface area contributed by atoms with Crippen molar-refractivity contribution in [3.63, 3.8) is 0 Å². The first-order chi connectivity index (χ1) is 14.0. The molecular weight excluding hydrogens is 371 g/mol. The van der Waals surface area contributed by atoms with Gasteiger partial charge in [0.25, 0.3) is 5.91 Å². The van der Waals surface area contributed by atoms with Gasteiger partial charge in [0.2, 0.25) is 5.91 Å². The number of carbonyl (C=O) groups is 2. The standard InChI is InChI=1S/C22H23FN4O2/c1-15-21(16(2)27(26-15)19-10-8-18(23)9-11-19)22(29)24-13-12-20(28)25-14-17-6-4-3-5-7-17/h3-11H,12-14H2,1-2H3,(H,24,29)(H,25,28). The van der Waals surface area contributed by atoms with Gasteiger partial charge in [-0.3, -0.25) is 9.59 Å². The zero-order valence-electron chi connectivity index (χ0n) is 16.4. The third kappa shape index (κ3) is 5.07. The molecule has 2 aromatic carbocycles. The Balaban J connectivity index is 1.55. The van der Waals surface area contributed by atoms with Crippen LogP contribution in [0.5, 0.6) is 0 Å². The summed E-state index contributed by atoms with van der Waals surface area (Å²) in [5, 5.41) is 9.99. The lowest BCUT2D eigenvalue weighted by atomic mass is 10.2. The minimum absolute atomic E-state index is 0.135. The van der Waals surface area contributed by atoms with E-state index in [1.807, 2.05) is 30.3 Å². The van der Waals surface area contributed by atoms with Crippen LogP contribution in [0.2, 0.25) is 0 Å². The fourth-order valence-electron chi connectivity index (χ4n) is 3.07. The quantitative estimate of drug-likeness (QED) is 0.647. The van der Waals surface area contributed by atoms with Crippen LogP contribution in [0.4, 0.5) is 4.39 Å². The third-order valence-electron chi connectivity index (χ3n) is 4.56. The SMILES string of the molecule is Cc1nn(-c2ccc(F)cc2)c(C)c1C(=O)NCCC(=O)NCc1ccccc1. The molecule has 1 heterocycles. The lowest BCUT2D eigenvalue weighted by molar-refractivity contribution is -0.121. The van der Waals surface area contributed by atoms with Crippen molar-refractivity contribution in [2.45, 2.75) is 26.8 Å². The maximum atomic E-state index is 13.1. The number of nitrogens with one attached hydrogen (secondary N) is 2. The van der Waals surface area contributed by atoms with Crippen molar-refractivity contribution < 1.29 is 14.0 Å². The summed E-state index contributed by atoms with van der Waals surface area (Å²) in [5.74, 6) is -0.757. The zero-order valence-corrected chi connectivity index (χ0v) is 16.4. The smallest absolute Gasteiger partial charge is 0.255 e. The first kappa shape index (κ1) is 20.3. The Morgan fingerprint density at radius 3 is 2.38 bits per heavy atom. The van der Waals surface area contributed by atoms with Gasteiger partial charge in [-0.25, -0.2) is 9.07 Å². The maximum absolute atomic E-state index is 13.1. The van der Waals surface area contributed by atoms with Gasteiger partial charge in [0.05, 0.1) is 22.6 Å². The minimum atomic E-state index is -0.334. The molecule has 0 saturated carbocycles. The monoisotopic (exact) mass is 394 g/mol. The first-order valence-electron chi connectivity index (χ1n) is 9.36.